The number of hydrogen-bond acceptors (Lipinski definition) is 0. The minimum Gasteiger partial charge on any atom is -0.361 e. The zero-order valence-corrected chi connectivity index (χ0v) is 6.67. The Hall–Kier alpha value is -1.50. The van der Waals surface area contributed by atoms with E-state index in [1.54, 1.807) is 0 Å². The van der Waals surface area contributed by atoms with Crippen molar-refractivity contribution in [2.24, 2.45) is 0 Å². The maximum absolute atomic E-state index is 3.28. The Kier molecular flexibility index (Phi) is 1.01. The highest BCUT2D eigenvalue weighted by Crippen LogP contribution is 2.26. The van der Waals surface area contributed by atoms with Gasteiger partial charge in [0.2, 0.25) is 0 Å². The summed E-state index contributed by atoms with van der Waals surface area (Å²) in [4.78, 5) is 3.28. The molecule has 0 aliphatic heterocycles. The number of rotatable bonds is 0. The van der Waals surface area contributed by atoms with Crippen LogP contribution in [-0.2, 0) is 6.42 Å². The van der Waals surface area contributed by atoms with E-state index in [0.29, 0.717) is 0 Å². The lowest BCUT2D eigenvalue weighted by Crippen LogP contribution is -1.82. The van der Waals surface area contributed by atoms with Crippen molar-refractivity contribution in [1.82, 2.24) is 4.98 Å². The van der Waals surface area contributed by atoms with Crippen LogP contribution in [0, 0.1) is 0 Å². The molecule has 0 atom stereocenters. The second kappa shape index (κ2) is 2.01. The lowest BCUT2D eigenvalue weighted by molar-refractivity contribution is 1.31. The molecule has 0 saturated heterocycles. The first-order valence-electron chi connectivity index (χ1n) is 4.21. The van der Waals surface area contributed by atoms with E-state index in [1.807, 2.05) is 6.20 Å². The number of fused-ring (bicyclic) bond motifs is 3. The van der Waals surface area contributed by atoms with Crippen molar-refractivity contribution in [3.63, 3.8) is 0 Å². The van der Waals surface area contributed by atoms with Crippen LogP contribution < -0.4 is 0 Å². The first-order chi connectivity index (χ1) is 5.95. The van der Waals surface area contributed by atoms with Gasteiger partial charge in [0, 0.05) is 11.7 Å². The van der Waals surface area contributed by atoms with Gasteiger partial charge in [0.15, 0.2) is 0 Å². The van der Waals surface area contributed by atoms with E-state index in [2.05, 4.69) is 35.3 Å². The van der Waals surface area contributed by atoms with E-state index in [0.717, 1.165) is 6.42 Å². The average molecular weight is 155 g/mol. The number of hydrogen-bond donors (Lipinski definition) is 1. The van der Waals surface area contributed by atoms with Crippen molar-refractivity contribution in [3.8, 4) is 0 Å². The topological polar surface area (TPSA) is 15.8 Å². The van der Waals surface area contributed by atoms with E-state index in [1.165, 1.54) is 22.0 Å². The van der Waals surface area contributed by atoms with Gasteiger partial charge in [0.05, 0.1) is 0 Å². The molecule has 0 bridgehead atoms. The van der Waals surface area contributed by atoms with Crippen molar-refractivity contribution in [1.29, 1.82) is 0 Å². The molecular formula is C11H9N. The quantitative estimate of drug-likeness (QED) is 0.602. The highest BCUT2D eigenvalue weighted by Gasteiger charge is 2.08. The molecule has 1 heterocycles. The standard InChI is InChI=1S/C11H9N/c1-2-8-4-5-9-6-7-12-11(9)10(8)3-1/h1-2,4-7,12H,3H2. The molecule has 1 aliphatic rings. The SMILES string of the molecule is C1=Cc2ccc3cc[nH]c3c2C1. The van der Waals surface area contributed by atoms with Gasteiger partial charge in [0.1, 0.15) is 0 Å². The van der Waals surface area contributed by atoms with Crippen LogP contribution >= 0.6 is 0 Å². The number of benzene rings is 1. The summed E-state index contributed by atoms with van der Waals surface area (Å²) in [5.41, 5.74) is 4.11. The van der Waals surface area contributed by atoms with Gasteiger partial charge in [-0.3, -0.25) is 0 Å². The molecule has 0 spiro atoms. The molecule has 1 N–H and O–H groups in total. The van der Waals surface area contributed by atoms with Gasteiger partial charge >= 0.3 is 0 Å². The molecule has 12 heavy (non-hydrogen) atoms. The summed E-state index contributed by atoms with van der Waals surface area (Å²) in [5.74, 6) is 0. The van der Waals surface area contributed by atoms with Gasteiger partial charge in [-0.2, -0.15) is 0 Å². The summed E-state index contributed by atoms with van der Waals surface area (Å²) in [6.07, 6.45) is 7.48. The molecule has 0 fully saturated rings. The molecule has 3 rings (SSSR count). The van der Waals surface area contributed by atoms with Crippen LogP contribution in [0.25, 0.3) is 17.0 Å². The fraction of sp³-hybridized carbons (Fsp3) is 0.0909. The van der Waals surface area contributed by atoms with Crippen LogP contribution in [0.4, 0.5) is 0 Å². The van der Waals surface area contributed by atoms with Crippen molar-refractivity contribution in [2.45, 2.75) is 6.42 Å². The molecule has 0 amide bonds. The third-order valence-electron chi connectivity index (χ3n) is 2.49. The lowest BCUT2D eigenvalue weighted by Gasteiger charge is -1.99. The summed E-state index contributed by atoms with van der Waals surface area (Å²) in [5, 5.41) is 1.32. The third-order valence-corrected chi connectivity index (χ3v) is 2.49. The second-order valence-electron chi connectivity index (χ2n) is 3.18. The van der Waals surface area contributed by atoms with E-state index in [4.69, 9.17) is 0 Å². The molecule has 1 heteroatoms. The maximum atomic E-state index is 3.28. The zero-order chi connectivity index (χ0) is 7.97. The summed E-state index contributed by atoms with van der Waals surface area (Å²) in [7, 11) is 0. The maximum Gasteiger partial charge on any atom is 0.0495 e. The second-order valence-corrected chi connectivity index (χ2v) is 3.18. The fourth-order valence-electron chi connectivity index (χ4n) is 1.89. The third kappa shape index (κ3) is 0.632. The Morgan fingerprint density at radius 3 is 3.17 bits per heavy atom. The van der Waals surface area contributed by atoms with Crippen molar-refractivity contribution >= 4 is 17.0 Å². The minimum absolute atomic E-state index is 1.08. The highest BCUT2D eigenvalue weighted by molar-refractivity contribution is 5.87. The summed E-state index contributed by atoms with van der Waals surface area (Å²) >= 11 is 0. The Labute approximate surface area is 70.7 Å². The zero-order valence-electron chi connectivity index (χ0n) is 6.67. The van der Waals surface area contributed by atoms with Crippen LogP contribution in [0.3, 0.4) is 0 Å². The van der Waals surface area contributed by atoms with Gasteiger partial charge in [-0.1, -0.05) is 24.3 Å². The van der Waals surface area contributed by atoms with Gasteiger partial charge in [-0.25, -0.2) is 0 Å². The number of aromatic amines is 1. The molecule has 1 aromatic heterocycles. The fourth-order valence-corrected chi connectivity index (χ4v) is 1.89. The Morgan fingerprint density at radius 2 is 2.17 bits per heavy atom. The summed E-state index contributed by atoms with van der Waals surface area (Å²) in [6.45, 7) is 0. The predicted molar refractivity (Wildman–Crippen MR) is 51.0 cm³/mol. The van der Waals surface area contributed by atoms with Crippen LogP contribution in [0.5, 0.6) is 0 Å². The van der Waals surface area contributed by atoms with Crippen LogP contribution in [0.2, 0.25) is 0 Å². The number of nitrogens with one attached hydrogen (secondary N) is 1. The van der Waals surface area contributed by atoms with E-state index < -0.39 is 0 Å². The van der Waals surface area contributed by atoms with Gasteiger partial charge < -0.3 is 4.98 Å². The van der Waals surface area contributed by atoms with E-state index >= 15 is 0 Å². The van der Waals surface area contributed by atoms with Crippen molar-refractivity contribution in [2.75, 3.05) is 0 Å². The first kappa shape index (κ1) is 6.06. The van der Waals surface area contributed by atoms with Gasteiger partial charge in [0.25, 0.3) is 0 Å². The molecule has 1 aromatic carbocycles. The number of H-pyrrole nitrogens is 1. The highest BCUT2D eigenvalue weighted by atomic mass is 14.7. The Balaban J connectivity index is 2.49. The van der Waals surface area contributed by atoms with Gasteiger partial charge in [-0.15, -0.1) is 0 Å². The monoisotopic (exact) mass is 155 g/mol. The summed E-state index contributed by atoms with van der Waals surface area (Å²) < 4.78 is 0. The van der Waals surface area contributed by atoms with Crippen LogP contribution in [0.15, 0.2) is 30.5 Å². The summed E-state index contributed by atoms with van der Waals surface area (Å²) in [6, 6.07) is 6.48. The van der Waals surface area contributed by atoms with Crippen LogP contribution in [-0.4, -0.2) is 4.98 Å². The molecule has 0 unspecified atom stereocenters. The lowest BCUT2D eigenvalue weighted by atomic mass is 10.1. The molecule has 1 aliphatic carbocycles. The average Bonchev–Trinajstić information content (AvgIpc) is 2.71. The predicted octanol–water partition coefficient (Wildman–Crippen LogP) is 2.74. The minimum atomic E-state index is 1.08. The Bertz CT molecular complexity index is 463. The van der Waals surface area contributed by atoms with Gasteiger partial charge in [-0.05, 0) is 29.0 Å². The first-order valence-corrected chi connectivity index (χ1v) is 4.21. The molecule has 58 valence electrons. The Morgan fingerprint density at radius 1 is 1.17 bits per heavy atom. The smallest absolute Gasteiger partial charge is 0.0495 e. The largest absolute Gasteiger partial charge is 0.361 e. The number of allylic oxidation sites excluding steroid dienone is 1. The molecule has 2 aromatic rings. The molecule has 1 nitrogen and oxygen atoms in total. The molecule has 0 saturated carbocycles. The molecule has 0 radical (unpaired) electrons. The van der Waals surface area contributed by atoms with Crippen molar-refractivity contribution < 1.29 is 0 Å². The normalized spacial score (nSPS) is 14.0. The van der Waals surface area contributed by atoms with E-state index in [-0.39, 0.29) is 0 Å². The molecular weight excluding hydrogens is 146 g/mol. The van der Waals surface area contributed by atoms with E-state index in [9.17, 15) is 0 Å². The number of aromatic nitrogens is 1. The van der Waals surface area contributed by atoms with Crippen molar-refractivity contribution in [3.05, 3.63) is 41.6 Å². The van der Waals surface area contributed by atoms with Crippen LogP contribution in [0.1, 0.15) is 11.1 Å².